The van der Waals surface area contributed by atoms with E-state index < -0.39 is 0 Å². The summed E-state index contributed by atoms with van der Waals surface area (Å²) in [6.07, 6.45) is 5.48. The van der Waals surface area contributed by atoms with Gasteiger partial charge in [0, 0.05) is 18.8 Å². The summed E-state index contributed by atoms with van der Waals surface area (Å²) in [5.74, 6) is 1.10. The third kappa shape index (κ3) is 1.40. The van der Waals surface area contributed by atoms with E-state index in [1.807, 2.05) is 11.6 Å². The van der Waals surface area contributed by atoms with Crippen molar-refractivity contribution >= 4 is 15.9 Å². The fraction of sp³-hybridized carbons (Fsp3) is 0.750. The van der Waals surface area contributed by atoms with Gasteiger partial charge >= 0.3 is 0 Å². The Bertz CT molecular complexity index is 278. The van der Waals surface area contributed by atoms with Crippen molar-refractivity contribution in [1.29, 1.82) is 0 Å². The Morgan fingerprint density at radius 2 is 2.42 bits per heavy atom. The molecule has 3 nitrogen and oxygen atoms in total. The highest BCUT2D eigenvalue weighted by molar-refractivity contribution is 9.09. The second-order valence-electron chi connectivity index (χ2n) is 3.67. The third-order valence-electron chi connectivity index (χ3n) is 2.58. The van der Waals surface area contributed by atoms with Crippen molar-refractivity contribution in [2.24, 2.45) is 12.5 Å². The third-order valence-corrected chi connectivity index (χ3v) is 3.77. The Balaban J connectivity index is 2.08. The van der Waals surface area contributed by atoms with Gasteiger partial charge in [-0.15, -0.1) is 10.2 Å². The lowest BCUT2D eigenvalue weighted by molar-refractivity contribution is 0.549. The van der Waals surface area contributed by atoms with Gasteiger partial charge in [0.2, 0.25) is 0 Å². The lowest BCUT2D eigenvalue weighted by Crippen LogP contribution is -2.10. The Morgan fingerprint density at radius 3 is 2.83 bits per heavy atom. The number of aromatic nitrogens is 3. The summed E-state index contributed by atoms with van der Waals surface area (Å²) in [5, 5.41) is 9.04. The molecular formula is C8H12BrN3. The highest BCUT2D eigenvalue weighted by Gasteiger charge is 2.42. The van der Waals surface area contributed by atoms with Crippen molar-refractivity contribution in [3.8, 4) is 0 Å². The van der Waals surface area contributed by atoms with Gasteiger partial charge in [0.1, 0.15) is 12.2 Å². The van der Waals surface area contributed by atoms with Crippen LogP contribution in [0.3, 0.4) is 0 Å². The van der Waals surface area contributed by atoms with Crippen LogP contribution in [0.2, 0.25) is 0 Å². The minimum absolute atomic E-state index is 0.501. The van der Waals surface area contributed by atoms with Crippen LogP contribution in [0.5, 0.6) is 0 Å². The molecule has 2 rings (SSSR count). The summed E-state index contributed by atoms with van der Waals surface area (Å²) in [4.78, 5) is 0. The van der Waals surface area contributed by atoms with Crippen molar-refractivity contribution < 1.29 is 0 Å². The predicted octanol–water partition coefficient (Wildman–Crippen LogP) is 1.53. The molecule has 4 heteroatoms. The molecule has 0 N–H and O–H groups in total. The first-order chi connectivity index (χ1) is 5.76. The van der Waals surface area contributed by atoms with E-state index in [0.29, 0.717) is 5.41 Å². The second kappa shape index (κ2) is 2.83. The van der Waals surface area contributed by atoms with Crippen LogP contribution in [0.4, 0.5) is 0 Å². The summed E-state index contributed by atoms with van der Waals surface area (Å²) in [6.45, 7) is 0. The van der Waals surface area contributed by atoms with Crippen LogP contribution in [0, 0.1) is 5.41 Å². The van der Waals surface area contributed by atoms with E-state index in [-0.39, 0.29) is 0 Å². The zero-order valence-corrected chi connectivity index (χ0v) is 8.71. The number of hydrogen-bond donors (Lipinski definition) is 0. The fourth-order valence-corrected chi connectivity index (χ4v) is 2.10. The van der Waals surface area contributed by atoms with Crippen LogP contribution in [-0.2, 0) is 13.5 Å². The number of alkyl halides is 1. The average Bonchev–Trinajstić information content (AvgIpc) is 2.74. The van der Waals surface area contributed by atoms with Gasteiger partial charge in [0.05, 0.1) is 0 Å². The fourth-order valence-electron chi connectivity index (χ4n) is 1.34. The Hall–Kier alpha value is -0.380. The van der Waals surface area contributed by atoms with Gasteiger partial charge in [0.15, 0.2) is 0 Å². The molecule has 1 aliphatic carbocycles. The van der Waals surface area contributed by atoms with Crippen molar-refractivity contribution in [3.05, 3.63) is 12.2 Å². The number of rotatable bonds is 3. The largest absolute Gasteiger partial charge is 0.321 e. The van der Waals surface area contributed by atoms with Crippen LogP contribution < -0.4 is 0 Å². The van der Waals surface area contributed by atoms with Gasteiger partial charge in [-0.1, -0.05) is 15.9 Å². The zero-order chi connectivity index (χ0) is 8.60. The smallest absolute Gasteiger partial charge is 0.133 e. The van der Waals surface area contributed by atoms with Gasteiger partial charge in [-0.3, -0.25) is 0 Å². The molecule has 1 aromatic heterocycles. The standard InChI is InChI=1S/C8H12BrN3/c1-12-6-10-11-7(12)4-8(5-9)2-3-8/h6H,2-5H2,1H3. The highest BCUT2D eigenvalue weighted by Crippen LogP contribution is 2.49. The number of halogens is 1. The summed E-state index contributed by atoms with van der Waals surface area (Å²) < 4.78 is 2.00. The molecule has 0 radical (unpaired) electrons. The van der Waals surface area contributed by atoms with Crippen LogP contribution >= 0.6 is 15.9 Å². The number of aryl methyl sites for hydroxylation is 1. The molecule has 0 unspecified atom stereocenters. The molecule has 1 aliphatic rings. The Kier molecular flexibility index (Phi) is 1.94. The molecule has 0 bridgehead atoms. The minimum atomic E-state index is 0.501. The van der Waals surface area contributed by atoms with Crippen LogP contribution in [0.1, 0.15) is 18.7 Å². The summed E-state index contributed by atoms with van der Waals surface area (Å²) in [5.41, 5.74) is 0.501. The van der Waals surface area contributed by atoms with Gasteiger partial charge < -0.3 is 4.57 Å². The molecule has 0 spiro atoms. The Morgan fingerprint density at radius 1 is 1.67 bits per heavy atom. The molecule has 12 heavy (non-hydrogen) atoms. The first-order valence-corrected chi connectivity index (χ1v) is 5.27. The first-order valence-electron chi connectivity index (χ1n) is 4.15. The van der Waals surface area contributed by atoms with E-state index in [2.05, 4.69) is 26.1 Å². The highest BCUT2D eigenvalue weighted by atomic mass is 79.9. The lowest BCUT2D eigenvalue weighted by Gasteiger charge is -2.09. The number of hydrogen-bond acceptors (Lipinski definition) is 2. The van der Waals surface area contributed by atoms with E-state index >= 15 is 0 Å². The SMILES string of the molecule is Cn1cnnc1CC1(CBr)CC1. The number of nitrogens with zero attached hydrogens (tertiary/aromatic N) is 3. The normalized spacial score (nSPS) is 19.5. The topological polar surface area (TPSA) is 30.7 Å². The van der Waals surface area contributed by atoms with E-state index in [9.17, 15) is 0 Å². The monoisotopic (exact) mass is 229 g/mol. The van der Waals surface area contributed by atoms with Crippen LogP contribution in [0.15, 0.2) is 6.33 Å². The summed E-state index contributed by atoms with van der Waals surface area (Å²) in [7, 11) is 2.00. The van der Waals surface area contributed by atoms with Crippen LogP contribution in [0.25, 0.3) is 0 Å². The summed E-state index contributed by atoms with van der Waals surface area (Å²) in [6, 6.07) is 0. The van der Waals surface area contributed by atoms with E-state index in [4.69, 9.17) is 0 Å². The summed E-state index contributed by atoms with van der Waals surface area (Å²) >= 11 is 3.55. The van der Waals surface area contributed by atoms with E-state index in [0.717, 1.165) is 17.6 Å². The molecule has 0 atom stereocenters. The second-order valence-corrected chi connectivity index (χ2v) is 4.23. The molecule has 1 aromatic rings. The molecule has 0 saturated heterocycles. The van der Waals surface area contributed by atoms with Crippen molar-refractivity contribution in [2.45, 2.75) is 19.3 Å². The molecule has 0 aromatic carbocycles. The van der Waals surface area contributed by atoms with Gasteiger partial charge in [-0.25, -0.2) is 0 Å². The lowest BCUT2D eigenvalue weighted by atomic mass is 10.1. The zero-order valence-electron chi connectivity index (χ0n) is 7.13. The van der Waals surface area contributed by atoms with Gasteiger partial charge in [0.25, 0.3) is 0 Å². The molecule has 1 saturated carbocycles. The van der Waals surface area contributed by atoms with Gasteiger partial charge in [-0.05, 0) is 18.3 Å². The maximum atomic E-state index is 4.08. The quantitative estimate of drug-likeness (QED) is 0.737. The first kappa shape index (κ1) is 8.23. The predicted molar refractivity (Wildman–Crippen MR) is 50.2 cm³/mol. The van der Waals surface area contributed by atoms with Crippen molar-refractivity contribution in [2.75, 3.05) is 5.33 Å². The van der Waals surface area contributed by atoms with Crippen molar-refractivity contribution in [1.82, 2.24) is 14.8 Å². The Labute approximate surface area is 80.3 Å². The maximum absolute atomic E-state index is 4.08. The van der Waals surface area contributed by atoms with Crippen molar-refractivity contribution in [3.63, 3.8) is 0 Å². The molecule has 1 fully saturated rings. The average molecular weight is 230 g/mol. The molecule has 66 valence electrons. The van der Waals surface area contributed by atoms with E-state index in [1.54, 1.807) is 6.33 Å². The van der Waals surface area contributed by atoms with Gasteiger partial charge in [-0.2, -0.15) is 0 Å². The minimum Gasteiger partial charge on any atom is -0.321 e. The maximum Gasteiger partial charge on any atom is 0.133 e. The molecular weight excluding hydrogens is 218 g/mol. The van der Waals surface area contributed by atoms with E-state index in [1.165, 1.54) is 12.8 Å². The van der Waals surface area contributed by atoms with Crippen LogP contribution in [-0.4, -0.2) is 20.1 Å². The molecule has 0 aliphatic heterocycles. The molecule has 1 heterocycles. The molecule has 0 amide bonds.